The molecule has 1 N–H and O–H groups in total. The van der Waals surface area contributed by atoms with Gasteiger partial charge in [0.15, 0.2) is 0 Å². The molecule has 0 heterocycles. The number of carbonyl (C=O) groups is 1. The summed E-state index contributed by atoms with van der Waals surface area (Å²) in [6.07, 6.45) is 4.52. The van der Waals surface area contributed by atoms with Crippen molar-refractivity contribution in [3.8, 4) is 0 Å². The predicted octanol–water partition coefficient (Wildman–Crippen LogP) is 4.07. The lowest BCUT2D eigenvalue weighted by Crippen LogP contribution is -2.52. The number of amides is 1. The van der Waals surface area contributed by atoms with Crippen LogP contribution in [0.3, 0.4) is 0 Å². The van der Waals surface area contributed by atoms with Crippen LogP contribution in [0.25, 0.3) is 0 Å². The van der Waals surface area contributed by atoms with Gasteiger partial charge < -0.3 is 5.32 Å². The smallest absolute Gasteiger partial charge is 0.251 e. The molecule has 0 radical (unpaired) electrons. The maximum Gasteiger partial charge on any atom is 0.251 e. The van der Waals surface area contributed by atoms with Gasteiger partial charge >= 0.3 is 0 Å². The Morgan fingerprint density at radius 3 is 2.68 bits per heavy atom. The number of hydrogen-bond acceptors (Lipinski definition) is 1. The summed E-state index contributed by atoms with van der Waals surface area (Å²) < 4.78 is 0. The molecular formula is C16H22BrNO. The summed E-state index contributed by atoms with van der Waals surface area (Å²) in [4.78, 5) is 12.4. The van der Waals surface area contributed by atoms with E-state index in [1.807, 2.05) is 31.2 Å². The van der Waals surface area contributed by atoms with Crippen LogP contribution in [0.2, 0.25) is 0 Å². The van der Waals surface area contributed by atoms with Gasteiger partial charge in [-0.15, -0.1) is 0 Å². The Bertz CT molecular complexity index is 450. The molecule has 3 heteroatoms. The van der Waals surface area contributed by atoms with Gasteiger partial charge in [-0.25, -0.2) is 0 Å². The molecule has 1 aromatic rings. The van der Waals surface area contributed by atoms with Gasteiger partial charge in [0.2, 0.25) is 0 Å². The Labute approximate surface area is 124 Å². The lowest BCUT2D eigenvalue weighted by molar-refractivity contribution is 0.0874. The highest BCUT2D eigenvalue weighted by atomic mass is 79.9. The molecule has 2 nitrogen and oxygen atoms in total. The number of nitrogens with one attached hydrogen (secondary N) is 1. The molecule has 0 saturated heterocycles. The Kier molecular flexibility index (Phi) is 4.67. The third-order valence-corrected chi connectivity index (χ3v) is 5.22. The Balaban J connectivity index is 2.08. The largest absolute Gasteiger partial charge is 0.346 e. The number of carbonyl (C=O) groups excluding carboxylic acids is 1. The van der Waals surface area contributed by atoms with Gasteiger partial charge in [0, 0.05) is 10.9 Å². The van der Waals surface area contributed by atoms with E-state index in [1.165, 1.54) is 12.8 Å². The summed E-state index contributed by atoms with van der Waals surface area (Å²) in [6, 6.07) is 7.78. The molecule has 0 aliphatic heterocycles. The van der Waals surface area contributed by atoms with E-state index in [2.05, 4.69) is 28.2 Å². The zero-order valence-electron chi connectivity index (χ0n) is 11.7. The average molecular weight is 324 g/mol. The first-order valence-corrected chi connectivity index (χ1v) is 8.12. The van der Waals surface area contributed by atoms with Gasteiger partial charge in [-0.1, -0.05) is 40.5 Å². The monoisotopic (exact) mass is 323 g/mol. The van der Waals surface area contributed by atoms with E-state index >= 15 is 0 Å². The third-order valence-electron chi connectivity index (χ3n) is 4.15. The van der Waals surface area contributed by atoms with Crippen LogP contribution < -0.4 is 5.32 Å². The number of benzene rings is 1. The Hall–Kier alpha value is -0.830. The lowest BCUT2D eigenvalue weighted by atomic mass is 9.78. The summed E-state index contributed by atoms with van der Waals surface area (Å²) >= 11 is 3.59. The highest BCUT2D eigenvalue weighted by molar-refractivity contribution is 9.09. The molecule has 104 valence electrons. The maximum absolute atomic E-state index is 12.4. The normalized spacial score (nSPS) is 27.0. The minimum Gasteiger partial charge on any atom is -0.346 e. The van der Waals surface area contributed by atoms with E-state index in [-0.39, 0.29) is 11.4 Å². The van der Waals surface area contributed by atoms with E-state index in [4.69, 9.17) is 0 Å². The number of rotatable bonds is 3. The predicted molar refractivity (Wildman–Crippen MR) is 82.8 cm³/mol. The molecule has 0 spiro atoms. The molecule has 1 saturated carbocycles. The van der Waals surface area contributed by atoms with Crippen LogP contribution in [0.1, 0.15) is 48.5 Å². The molecule has 1 aliphatic rings. The first-order valence-electron chi connectivity index (χ1n) is 7.00. The number of halogens is 1. The fraction of sp³-hybridized carbons (Fsp3) is 0.562. The molecule has 19 heavy (non-hydrogen) atoms. The standard InChI is InChI=1S/C16H22BrNO/c1-12-6-8-16(11-17,9-7-12)18-15(19)14-5-3-4-13(2)10-14/h3-5,10,12H,6-9,11H2,1-2H3,(H,18,19). The van der Waals surface area contributed by atoms with Crippen molar-refractivity contribution in [3.05, 3.63) is 35.4 Å². The fourth-order valence-corrected chi connectivity index (χ4v) is 3.41. The molecule has 2 rings (SSSR count). The van der Waals surface area contributed by atoms with Gasteiger partial charge in [-0.2, -0.15) is 0 Å². The van der Waals surface area contributed by atoms with E-state index in [1.54, 1.807) is 0 Å². The van der Waals surface area contributed by atoms with Gasteiger partial charge in [0.1, 0.15) is 0 Å². The van der Waals surface area contributed by atoms with Crippen molar-refractivity contribution in [1.29, 1.82) is 0 Å². The van der Waals surface area contributed by atoms with Crippen LogP contribution in [0.5, 0.6) is 0 Å². The highest BCUT2D eigenvalue weighted by Crippen LogP contribution is 2.33. The van der Waals surface area contributed by atoms with Crippen LogP contribution in [-0.2, 0) is 0 Å². The summed E-state index contributed by atoms with van der Waals surface area (Å²) in [6.45, 7) is 4.31. The van der Waals surface area contributed by atoms with E-state index in [0.717, 1.165) is 35.2 Å². The van der Waals surface area contributed by atoms with E-state index in [9.17, 15) is 4.79 Å². The SMILES string of the molecule is Cc1cccc(C(=O)NC2(CBr)CCC(C)CC2)c1. The van der Waals surface area contributed by atoms with Crippen molar-refractivity contribution in [3.63, 3.8) is 0 Å². The van der Waals surface area contributed by atoms with E-state index < -0.39 is 0 Å². The molecule has 0 atom stereocenters. The Morgan fingerprint density at radius 1 is 1.42 bits per heavy atom. The van der Waals surface area contributed by atoms with E-state index in [0.29, 0.717) is 0 Å². The van der Waals surface area contributed by atoms with Crippen molar-refractivity contribution in [1.82, 2.24) is 5.32 Å². The van der Waals surface area contributed by atoms with Crippen molar-refractivity contribution in [2.24, 2.45) is 5.92 Å². The summed E-state index contributed by atoms with van der Waals surface area (Å²) in [5.41, 5.74) is 1.82. The van der Waals surface area contributed by atoms with Crippen LogP contribution in [-0.4, -0.2) is 16.8 Å². The molecular weight excluding hydrogens is 302 g/mol. The summed E-state index contributed by atoms with van der Waals surface area (Å²) in [7, 11) is 0. The van der Waals surface area contributed by atoms with Crippen molar-refractivity contribution < 1.29 is 4.79 Å². The molecule has 0 unspecified atom stereocenters. The lowest BCUT2D eigenvalue weighted by Gasteiger charge is -2.39. The zero-order chi connectivity index (χ0) is 13.9. The van der Waals surface area contributed by atoms with Crippen molar-refractivity contribution in [2.75, 3.05) is 5.33 Å². The van der Waals surface area contributed by atoms with Crippen LogP contribution in [0.15, 0.2) is 24.3 Å². The molecule has 1 fully saturated rings. The maximum atomic E-state index is 12.4. The van der Waals surface area contributed by atoms with Gasteiger partial charge in [0.05, 0.1) is 5.54 Å². The molecule has 0 aromatic heterocycles. The summed E-state index contributed by atoms with van der Waals surface area (Å²) in [5, 5.41) is 4.10. The second kappa shape index (κ2) is 6.08. The quantitative estimate of drug-likeness (QED) is 0.835. The second-order valence-electron chi connectivity index (χ2n) is 5.92. The third kappa shape index (κ3) is 3.59. The number of hydrogen-bond donors (Lipinski definition) is 1. The van der Waals surface area contributed by atoms with Gasteiger partial charge in [-0.3, -0.25) is 4.79 Å². The van der Waals surface area contributed by atoms with Gasteiger partial charge in [-0.05, 0) is 50.7 Å². The zero-order valence-corrected chi connectivity index (χ0v) is 13.3. The summed E-state index contributed by atoms with van der Waals surface area (Å²) in [5.74, 6) is 0.834. The second-order valence-corrected chi connectivity index (χ2v) is 6.48. The molecule has 0 bridgehead atoms. The minimum atomic E-state index is -0.0622. The number of aryl methyl sites for hydroxylation is 1. The van der Waals surface area contributed by atoms with Crippen LogP contribution in [0, 0.1) is 12.8 Å². The van der Waals surface area contributed by atoms with Crippen LogP contribution in [0.4, 0.5) is 0 Å². The topological polar surface area (TPSA) is 29.1 Å². The van der Waals surface area contributed by atoms with Crippen LogP contribution >= 0.6 is 15.9 Å². The minimum absolute atomic E-state index is 0.0534. The van der Waals surface area contributed by atoms with Gasteiger partial charge in [0.25, 0.3) is 5.91 Å². The fourth-order valence-electron chi connectivity index (χ4n) is 2.71. The average Bonchev–Trinajstić information content (AvgIpc) is 2.42. The first-order chi connectivity index (χ1) is 9.04. The Morgan fingerprint density at radius 2 is 2.11 bits per heavy atom. The molecule has 1 aliphatic carbocycles. The molecule has 1 aromatic carbocycles. The van der Waals surface area contributed by atoms with Crippen molar-refractivity contribution >= 4 is 21.8 Å². The van der Waals surface area contributed by atoms with Crippen molar-refractivity contribution in [2.45, 2.75) is 45.1 Å². The highest BCUT2D eigenvalue weighted by Gasteiger charge is 2.34. The first kappa shape index (κ1) is 14.6. The molecule has 1 amide bonds. The number of alkyl halides is 1.